The molecule has 2 amide bonds. The zero-order valence-corrected chi connectivity index (χ0v) is 17.4. The summed E-state index contributed by atoms with van der Waals surface area (Å²) < 4.78 is 44.1. The van der Waals surface area contributed by atoms with E-state index in [1.54, 1.807) is 24.3 Å². The van der Waals surface area contributed by atoms with E-state index in [2.05, 4.69) is 10.6 Å². The molecular formula is C24H21F3N2O3. The van der Waals surface area contributed by atoms with Gasteiger partial charge in [-0.2, -0.15) is 13.2 Å². The fraction of sp³-hybridized carbons (Fsp3) is 0.167. The maximum atomic E-state index is 12.8. The molecule has 5 nitrogen and oxygen atoms in total. The van der Waals surface area contributed by atoms with Crippen LogP contribution < -0.4 is 15.4 Å². The van der Waals surface area contributed by atoms with Crippen LogP contribution in [0.5, 0.6) is 5.75 Å². The van der Waals surface area contributed by atoms with Crippen molar-refractivity contribution in [2.75, 3.05) is 10.6 Å². The Kier molecular flexibility index (Phi) is 6.82. The molecule has 0 bridgehead atoms. The van der Waals surface area contributed by atoms with Gasteiger partial charge in [-0.05, 0) is 74.5 Å². The molecule has 0 unspecified atom stereocenters. The van der Waals surface area contributed by atoms with Crippen LogP contribution in [0.2, 0.25) is 0 Å². The first-order chi connectivity index (χ1) is 15.1. The molecule has 0 aromatic heterocycles. The van der Waals surface area contributed by atoms with Crippen LogP contribution in [0.15, 0.2) is 72.8 Å². The third-order valence-electron chi connectivity index (χ3n) is 4.32. The molecular weight excluding hydrogens is 421 g/mol. The molecule has 0 aliphatic rings. The highest BCUT2D eigenvalue weighted by Crippen LogP contribution is 2.30. The summed E-state index contributed by atoms with van der Waals surface area (Å²) in [6.45, 7) is 3.77. The van der Waals surface area contributed by atoms with E-state index in [1.807, 2.05) is 13.8 Å². The SMILES string of the molecule is CC(C)Oc1cccc(C(=O)Nc2ccc(C(=O)Nc3cccc(C(F)(F)F)c3)cc2)c1. The van der Waals surface area contributed by atoms with Gasteiger partial charge in [-0.25, -0.2) is 0 Å². The van der Waals surface area contributed by atoms with Crippen LogP contribution in [-0.2, 0) is 6.18 Å². The summed E-state index contributed by atoms with van der Waals surface area (Å²) in [4.78, 5) is 24.8. The fourth-order valence-corrected chi connectivity index (χ4v) is 2.87. The Labute approximate surface area is 183 Å². The van der Waals surface area contributed by atoms with Crippen molar-refractivity contribution >= 4 is 23.2 Å². The van der Waals surface area contributed by atoms with Crippen LogP contribution in [0, 0.1) is 0 Å². The Bertz CT molecular complexity index is 1110. The number of anilines is 2. The van der Waals surface area contributed by atoms with Crippen molar-refractivity contribution in [3.8, 4) is 5.75 Å². The molecule has 32 heavy (non-hydrogen) atoms. The van der Waals surface area contributed by atoms with Crippen molar-refractivity contribution in [2.24, 2.45) is 0 Å². The van der Waals surface area contributed by atoms with Crippen molar-refractivity contribution < 1.29 is 27.5 Å². The summed E-state index contributed by atoms with van der Waals surface area (Å²) in [6, 6.07) is 17.2. The maximum absolute atomic E-state index is 12.8. The molecule has 0 saturated heterocycles. The number of carbonyl (C=O) groups excluding carboxylic acids is 2. The van der Waals surface area contributed by atoms with Crippen molar-refractivity contribution in [1.82, 2.24) is 0 Å². The minimum absolute atomic E-state index is 0.0251. The van der Waals surface area contributed by atoms with Crippen LogP contribution in [0.1, 0.15) is 40.1 Å². The molecule has 3 aromatic carbocycles. The second-order valence-electron chi connectivity index (χ2n) is 7.26. The Morgan fingerprint density at radius 2 is 1.41 bits per heavy atom. The Morgan fingerprint density at radius 1 is 0.781 bits per heavy atom. The van der Waals surface area contributed by atoms with E-state index in [4.69, 9.17) is 4.74 Å². The predicted octanol–water partition coefficient (Wildman–Crippen LogP) is 6.00. The molecule has 0 radical (unpaired) electrons. The standard InChI is InChI=1S/C24H21F3N2O3/c1-15(2)32-21-8-3-5-17(13-21)23(31)28-19-11-9-16(10-12-19)22(30)29-20-7-4-6-18(14-20)24(25,26)27/h3-15H,1-2H3,(H,28,31)(H,29,30). The molecule has 8 heteroatoms. The van der Waals surface area contributed by atoms with Gasteiger partial charge >= 0.3 is 6.18 Å². The number of nitrogens with one attached hydrogen (secondary N) is 2. The monoisotopic (exact) mass is 442 g/mol. The highest BCUT2D eigenvalue weighted by Gasteiger charge is 2.30. The minimum atomic E-state index is -4.50. The average molecular weight is 442 g/mol. The lowest BCUT2D eigenvalue weighted by Crippen LogP contribution is -2.14. The van der Waals surface area contributed by atoms with Crippen LogP contribution in [-0.4, -0.2) is 17.9 Å². The number of hydrogen-bond acceptors (Lipinski definition) is 3. The summed E-state index contributed by atoms with van der Waals surface area (Å²) in [5.74, 6) is -0.338. The Balaban J connectivity index is 1.65. The number of alkyl halides is 3. The highest BCUT2D eigenvalue weighted by atomic mass is 19.4. The zero-order chi connectivity index (χ0) is 23.3. The number of amides is 2. The molecule has 0 aliphatic heterocycles. The number of halogens is 3. The van der Waals surface area contributed by atoms with Gasteiger partial charge < -0.3 is 15.4 Å². The van der Waals surface area contributed by atoms with Gasteiger partial charge in [0.05, 0.1) is 11.7 Å². The summed E-state index contributed by atoms with van der Waals surface area (Å²) in [7, 11) is 0. The van der Waals surface area contributed by atoms with Crippen LogP contribution in [0.4, 0.5) is 24.5 Å². The zero-order valence-electron chi connectivity index (χ0n) is 17.4. The van der Waals surface area contributed by atoms with E-state index in [0.717, 1.165) is 12.1 Å². The second kappa shape index (κ2) is 9.55. The van der Waals surface area contributed by atoms with E-state index in [0.29, 0.717) is 17.0 Å². The first-order valence-corrected chi connectivity index (χ1v) is 9.78. The van der Waals surface area contributed by atoms with Crippen LogP contribution in [0.25, 0.3) is 0 Å². The predicted molar refractivity (Wildman–Crippen MR) is 116 cm³/mol. The molecule has 0 heterocycles. The normalized spacial score (nSPS) is 11.2. The molecule has 166 valence electrons. The van der Waals surface area contributed by atoms with E-state index in [1.165, 1.54) is 36.4 Å². The average Bonchev–Trinajstić information content (AvgIpc) is 2.73. The molecule has 2 N–H and O–H groups in total. The van der Waals surface area contributed by atoms with Gasteiger partial charge in [0.1, 0.15) is 5.75 Å². The number of ether oxygens (including phenoxy) is 1. The van der Waals surface area contributed by atoms with Crippen molar-refractivity contribution in [2.45, 2.75) is 26.1 Å². The van der Waals surface area contributed by atoms with Gasteiger partial charge in [0.2, 0.25) is 0 Å². The summed E-state index contributed by atoms with van der Waals surface area (Å²) in [5, 5.41) is 5.17. The highest BCUT2D eigenvalue weighted by molar-refractivity contribution is 6.06. The smallest absolute Gasteiger partial charge is 0.416 e. The molecule has 0 saturated carbocycles. The van der Waals surface area contributed by atoms with Crippen molar-refractivity contribution in [3.05, 3.63) is 89.5 Å². The molecule has 0 fully saturated rings. The minimum Gasteiger partial charge on any atom is -0.491 e. The number of benzene rings is 3. The largest absolute Gasteiger partial charge is 0.491 e. The second-order valence-corrected chi connectivity index (χ2v) is 7.26. The number of hydrogen-bond donors (Lipinski definition) is 2. The van der Waals surface area contributed by atoms with E-state index >= 15 is 0 Å². The van der Waals surface area contributed by atoms with Gasteiger partial charge in [0.15, 0.2) is 0 Å². The lowest BCUT2D eigenvalue weighted by Gasteiger charge is -2.11. The van der Waals surface area contributed by atoms with E-state index in [9.17, 15) is 22.8 Å². The molecule has 3 aromatic rings. The third-order valence-corrected chi connectivity index (χ3v) is 4.32. The van der Waals surface area contributed by atoms with Gasteiger partial charge in [-0.1, -0.05) is 12.1 Å². The van der Waals surface area contributed by atoms with Gasteiger partial charge in [-0.3, -0.25) is 9.59 Å². The summed E-state index contributed by atoms with van der Waals surface area (Å²) >= 11 is 0. The van der Waals surface area contributed by atoms with Gasteiger partial charge in [0.25, 0.3) is 11.8 Å². The number of rotatable bonds is 6. The third kappa shape index (κ3) is 6.10. The molecule has 0 atom stereocenters. The van der Waals surface area contributed by atoms with Crippen molar-refractivity contribution in [3.63, 3.8) is 0 Å². The topological polar surface area (TPSA) is 67.4 Å². The van der Waals surface area contributed by atoms with Gasteiger partial charge in [0, 0.05) is 22.5 Å². The Hall–Kier alpha value is -3.81. The summed E-state index contributed by atoms with van der Waals surface area (Å²) in [6.07, 6.45) is -4.52. The van der Waals surface area contributed by atoms with Crippen molar-refractivity contribution in [1.29, 1.82) is 0 Å². The lowest BCUT2D eigenvalue weighted by molar-refractivity contribution is -0.137. The first-order valence-electron chi connectivity index (χ1n) is 9.78. The molecule has 0 aliphatic carbocycles. The first kappa shape index (κ1) is 22.9. The van der Waals surface area contributed by atoms with Crippen LogP contribution >= 0.6 is 0 Å². The molecule has 3 rings (SSSR count). The van der Waals surface area contributed by atoms with E-state index < -0.39 is 17.6 Å². The fourth-order valence-electron chi connectivity index (χ4n) is 2.87. The quantitative estimate of drug-likeness (QED) is 0.492. The van der Waals surface area contributed by atoms with Crippen LogP contribution in [0.3, 0.4) is 0 Å². The van der Waals surface area contributed by atoms with Gasteiger partial charge in [-0.15, -0.1) is 0 Å². The Morgan fingerprint density at radius 3 is 2.06 bits per heavy atom. The molecule has 0 spiro atoms. The lowest BCUT2D eigenvalue weighted by atomic mass is 10.1. The number of carbonyl (C=O) groups is 2. The van der Waals surface area contributed by atoms with E-state index in [-0.39, 0.29) is 23.3 Å². The maximum Gasteiger partial charge on any atom is 0.416 e. The summed E-state index contributed by atoms with van der Waals surface area (Å²) in [5.41, 5.74) is 0.282.